The summed E-state index contributed by atoms with van der Waals surface area (Å²) in [7, 11) is -0.942. The average molecular weight is 251 g/mol. The third-order valence-electron chi connectivity index (χ3n) is 2.04. The highest BCUT2D eigenvalue weighted by Gasteiger charge is 2.18. The maximum Gasteiger partial charge on any atom is 0.238 e. The Balaban J connectivity index is 3.90. The van der Waals surface area contributed by atoms with E-state index in [9.17, 15) is 0 Å². The largest absolute Gasteiger partial charge is 0.334 e. The van der Waals surface area contributed by atoms with Crippen molar-refractivity contribution in [3.05, 3.63) is 11.4 Å². The smallest absolute Gasteiger partial charge is 0.238 e. The molecule has 0 aliphatic carbocycles. The van der Waals surface area contributed by atoms with Crippen LogP contribution in [-0.4, -0.2) is 36.4 Å². The van der Waals surface area contributed by atoms with Gasteiger partial charge in [-0.2, -0.15) is 0 Å². The molecule has 1 unspecified atom stereocenters. The molecule has 0 rings (SSSR count). The third kappa shape index (κ3) is 7.09. The fraction of sp³-hybridized carbons (Fsp3) is 0.900. The molecule has 3 nitrogen and oxygen atoms in total. The van der Waals surface area contributed by atoms with E-state index >= 15 is 0 Å². The lowest BCUT2D eigenvalue weighted by Crippen LogP contribution is -2.36. The van der Waals surface area contributed by atoms with Gasteiger partial charge in [0.2, 0.25) is 6.54 Å². The van der Waals surface area contributed by atoms with Crippen LogP contribution in [0.2, 0.25) is 0 Å². The van der Waals surface area contributed by atoms with Crippen molar-refractivity contribution in [1.82, 2.24) is 4.90 Å². The third-order valence-corrected chi connectivity index (χ3v) is 3.66. The summed E-state index contributed by atoms with van der Waals surface area (Å²) in [5, 5.41) is 0. The minimum Gasteiger partial charge on any atom is -0.334 e. The summed E-state index contributed by atoms with van der Waals surface area (Å²) < 4.78 is 5.39. The highest BCUT2D eigenvalue weighted by atomic mass is 35.7. The Morgan fingerprint density at radius 1 is 1.33 bits per heavy atom. The van der Waals surface area contributed by atoms with Crippen LogP contribution in [0, 0.1) is 6.57 Å². The SMILES string of the molecule is [C-]#[N+]CCOP(Cl)CN(C(C)C)C(C)C. The van der Waals surface area contributed by atoms with Crippen molar-refractivity contribution >= 4 is 18.7 Å². The summed E-state index contributed by atoms with van der Waals surface area (Å²) in [5.41, 5.74) is 0. The Morgan fingerprint density at radius 2 is 1.87 bits per heavy atom. The Labute approximate surface area is 99.2 Å². The van der Waals surface area contributed by atoms with E-state index in [4.69, 9.17) is 22.3 Å². The van der Waals surface area contributed by atoms with Gasteiger partial charge in [-0.15, -0.1) is 0 Å². The van der Waals surface area contributed by atoms with Gasteiger partial charge in [0.05, 0.1) is 6.29 Å². The van der Waals surface area contributed by atoms with Crippen LogP contribution >= 0.6 is 18.7 Å². The lowest BCUT2D eigenvalue weighted by Gasteiger charge is -2.31. The summed E-state index contributed by atoms with van der Waals surface area (Å²) in [6.45, 7) is 16.1. The number of nitrogens with zero attached hydrogens (tertiary/aromatic N) is 2. The van der Waals surface area contributed by atoms with Crippen molar-refractivity contribution in [1.29, 1.82) is 0 Å². The predicted molar refractivity (Wildman–Crippen MR) is 67.2 cm³/mol. The van der Waals surface area contributed by atoms with E-state index in [0.717, 1.165) is 6.29 Å². The van der Waals surface area contributed by atoms with Crippen molar-refractivity contribution in [2.24, 2.45) is 0 Å². The molecule has 5 heteroatoms. The van der Waals surface area contributed by atoms with E-state index < -0.39 is 7.50 Å². The van der Waals surface area contributed by atoms with Crippen LogP contribution in [0.25, 0.3) is 4.85 Å². The standard InChI is InChI=1S/C10H20ClN2OP/c1-9(2)13(10(3)4)8-15(11)14-7-6-12-5/h9-10H,6-8H2,1-4H3. The van der Waals surface area contributed by atoms with Crippen LogP contribution in [0.4, 0.5) is 0 Å². The van der Waals surface area contributed by atoms with E-state index in [-0.39, 0.29) is 0 Å². The zero-order valence-electron chi connectivity index (χ0n) is 9.90. The zero-order valence-corrected chi connectivity index (χ0v) is 11.6. The van der Waals surface area contributed by atoms with Crippen LogP contribution in [0.3, 0.4) is 0 Å². The topological polar surface area (TPSA) is 16.8 Å². The van der Waals surface area contributed by atoms with Gasteiger partial charge in [-0.25, -0.2) is 6.57 Å². The highest BCUT2D eigenvalue weighted by molar-refractivity contribution is 7.80. The summed E-state index contributed by atoms with van der Waals surface area (Å²) in [5.74, 6) is 0. The summed E-state index contributed by atoms with van der Waals surface area (Å²) in [6, 6.07) is 0.941. The molecule has 0 bridgehead atoms. The van der Waals surface area contributed by atoms with E-state index in [0.29, 0.717) is 25.2 Å². The second-order valence-electron chi connectivity index (χ2n) is 3.88. The molecule has 0 saturated heterocycles. The lowest BCUT2D eigenvalue weighted by atomic mass is 10.2. The Hall–Kier alpha value is 0.130. The van der Waals surface area contributed by atoms with Crippen LogP contribution in [0.15, 0.2) is 0 Å². The van der Waals surface area contributed by atoms with Gasteiger partial charge in [0.1, 0.15) is 14.1 Å². The van der Waals surface area contributed by atoms with Gasteiger partial charge in [0.25, 0.3) is 0 Å². The van der Waals surface area contributed by atoms with Gasteiger partial charge in [-0.05, 0) is 27.7 Å². The molecule has 0 aromatic heterocycles. The minimum atomic E-state index is -0.942. The summed E-state index contributed by atoms with van der Waals surface area (Å²) in [4.78, 5) is 5.52. The number of hydrogen-bond donors (Lipinski definition) is 0. The molecular formula is C10H20ClN2OP. The average Bonchev–Trinajstić information content (AvgIpc) is 2.13. The molecule has 1 atom stereocenters. The number of rotatable bonds is 7. The van der Waals surface area contributed by atoms with Crippen molar-refractivity contribution < 1.29 is 4.52 Å². The molecule has 0 N–H and O–H groups in total. The molecule has 0 fully saturated rings. The normalized spacial score (nSPS) is 13.5. The summed E-state index contributed by atoms with van der Waals surface area (Å²) in [6.07, 6.45) is 0.768. The summed E-state index contributed by atoms with van der Waals surface area (Å²) >= 11 is 6.10. The minimum absolute atomic E-state index is 0.398. The molecule has 15 heavy (non-hydrogen) atoms. The first-order chi connectivity index (χ1) is 6.99. The Morgan fingerprint density at radius 3 is 2.27 bits per heavy atom. The van der Waals surface area contributed by atoms with Gasteiger partial charge in [-0.1, -0.05) is 11.2 Å². The number of halogens is 1. The molecule has 88 valence electrons. The fourth-order valence-electron chi connectivity index (χ4n) is 1.28. The monoisotopic (exact) mass is 250 g/mol. The molecule has 0 radical (unpaired) electrons. The van der Waals surface area contributed by atoms with Crippen molar-refractivity contribution in [3.8, 4) is 0 Å². The van der Waals surface area contributed by atoms with Crippen LogP contribution in [0.5, 0.6) is 0 Å². The zero-order chi connectivity index (χ0) is 11.8. The van der Waals surface area contributed by atoms with Gasteiger partial charge in [0, 0.05) is 12.1 Å². The molecule has 0 aromatic rings. The molecular weight excluding hydrogens is 231 g/mol. The van der Waals surface area contributed by atoms with Gasteiger partial charge < -0.3 is 9.37 Å². The Kier molecular flexibility index (Phi) is 8.37. The second kappa shape index (κ2) is 8.30. The molecule has 0 aliphatic heterocycles. The molecule has 0 saturated carbocycles. The predicted octanol–water partition coefficient (Wildman–Crippen LogP) is 3.55. The van der Waals surface area contributed by atoms with Crippen molar-refractivity contribution in [2.45, 2.75) is 39.8 Å². The van der Waals surface area contributed by atoms with Crippen molar-refractivity contribution in [3.63, 3.8) is 0 Å². The first-order valence-corrected chi connectivity index (χ1v) is 7.49. The van der Waals surface area contributed by atoms with Crippen molar-refractivity contribution in [2.75, 3.05) is 19.4 Å². The number of hydrogen-bond acceptors (Lipinski definition) is 2. The van der Waals surface area contributed by atoms with E-state index in [1.807, 2.05) is 0 Å². The van der Waals surface area contributed by atoms with Gasteiger partial charge in [-0.3, -0.25) is 4.90 Å². The fourth-order valence-corrected chi connectivity index (χ4v) is 3.13. The van der Waals surface area contributed by atoms with E-state index in [2.05, 4.69) is 37.4 Å². The van der Waals surface area contributed by atoms with E-state index in [1.165, 1.54) is 0 Å². The Bertz CT molecular complexity index is 198. The maximum atomic E-state index is 6.62. The molecule has 0 aliphatic rings. The quantitative estimate of drug-likeness (QED) is 0.390. The van der Waals surface area contributed by atoms with Gasteiger partial charge >= 0.3 is 0 Å². The van der Waals surface area contributed by atoms with Crippen LogP contribution in [0.1, 0.15) is 27.7 Å². The highest BCUT2D eigenvalue weighted by Crippen LogP contribution is 2.43. The van der Waals surface area contributed by atoms with Crippen LogP contribution < -0.4 is 0 Å². The van der Waals surface area contributed by atoms with Crippen LogP contribution in [-0.2, 0) is 4.52 Å². The molecule has 0 amide bonds. The van der Waals surface area contributed by atoms with E-state index in [1.54, 1.807) is 0 Å². The second-order valence-corrected chi connectivity index (χ2v) is 6.18. The molecule has 0 aromatic carbocycles. The lowest BCUT2D eigenvalue weighted by molar-refractivity contribution is 0.202. The van der Waals surface area contributed by atoms with Gasteiger partial charge in [0.15, 0.2) is 0 Å². The molecule has 0 spiro atoms. The maximum absolute atomic E-state index is 6.62. The first kappa shape index (κ1) is 15.1. The molecule has 0 heterocycles. The first-order valence-electron chi connectivity index (χ1n) is 5.14.